The zero-order valence-electron chi connectivity index (χ0n) is 9.11. The van der Waals surface area contributed by atoms with Crippen LogP contribution in [0.5, 0.6) is 0 Å². The third-order valence-corrected chi connectivity index (χ3v) is 2.59. The van der Waals surface area contributed by atoms with Gasteiger partial charge in [0.2, 0.25) is 0 Å². The fraction of sp³-hybridized carbons (Fsp3) is 0.636. The standard InChI is InChI=1S/C11H16N2O3/c1-2-3-6-12-11(16)13-7-4-5-9(13)8-10(14)15/h1,9H,3-8H2,(H,12,16)(H,14,15). The highest BCUT2D eigenvalue weighted by Gasteiger charge is 2.29. The Balaban J connectivity index is 2.41. The molecular weight excluding hydrogens is 208 g/mol. The van der Waals surface area contributed by atoms with Gasteiger partial charge < -0.3 is 15.3 Å². The Hall–Kier alpha value is -1.70. The molecule has 0 aliphatic carbocycles. The first kappa shape index (κ1) is 12.4. The fourth-order valence-corrected chi connectivity index (χ4v) is 1.86. The predicted molar refractivity (Wildman–Crippen MR) is 58.8 cm³/mol. The van der Waals surface area contributed by atoms with Gasteiger partial charge in [-0.25, -0.2) is 4.79 Å². The average molecular weight is 224 g/mol. The van der Waals surface area contributed by atoms with E-state index in [0.29, 0.717) is 19.5 Å². The van der Waals surface area contributed by atoms with Crippen molar-refractivity contribution in [3.8, 4) is 12.3 Å². The number of nitrogens with zero attached hydrogens (tertiary/aromatic N) is 1. The molecule has 0 aromatic carbocycles. The first-order valence-corrected chi connectivity index (χ1v) is 5.35. The molecule has 0 bridgehead atoms. The van der Waals surface area contributed by atoms with Crippen LogP contribution in [-0.4, -0.2) is 41.1 Å². The Morgan fingerprint density at radius 1 is 1.56 bits per heavy atom. The van der Waals surface area contributed by atoms with E-state index in [0.717, 1.165) is 12.8 Å². The van der Waals surface area contributed by atoms with Crippen molar-refractivity contribution in [1.82, 2.24) is 10.2 Å². The molecule has 1 aliphatic rings. The highest BCUT2D eigenvalue weighted by molar-refractivity contribution is 5.76. The van der Waals surface area contributed by atoms with Crippen molar-refractivity contribution >= 4 is 12.0 Å². The lowest BCUT2D eigenvalue weighted by molar-refractivity contribution is -0.137. The summed E-state index contributed by atoms with van der Waals surface area (Å²) in [4.78, 5) is 23.9. The van der Waals surface area contributed by atoms with Crippen LogP contribution in [0.15, 0.2) is 0 Å². The Labute approximate surface area is 94.8 Å². The summed E-state index contributed by atoms with van der Waals surface area (Å²) in [5.74, 6) is 1.56. The smallest absolute Gasteiger partial charge is 0.317 e. The van der Waals surface area contributed by atoms with E-state index in [2.05, 4.69) is 11.2 Å². The van der Waals surface area contributed by atoms with Crippen LogP contribution < -0.4 is 5.32 Å². The minimum absolute atomic E-state index is 0.0164. The molecule has 1 rings (SSSR count). The number of terminal acetylenes is 1. The molecule has 1 atom stereocenters. The number of carbonyl (C=O) groups is 2. The summed E-state index contributed by atoms with van der Waals surface area (Å²) in [5.41, 5.74) is 0. The molecule has 1 fully saturated rings. The van der Waals surface area contributed by atoms with Crippen molar-refractivity contribution in [3.63, 3.8) is 0 Å². The summed E-state index contributed by atoms with van der Waals surface area (Å²) in [6, 6.07) is -0.387. The largest absolute Gasteiger partial charge is 0.481 e. The van der Waals surface area contributed by atoms with Crippen LogP contribution >= 0.6 is 0 Å². The number of rotatable bonds is 4. The SMILES string of the molecule is C#CCCNC(=O)N1CCCC1CC(=O)O. The van der Waals surface area contributed by atoms with Crippen LogP contribution in [-0.2, 0) is 4.79 Å². The summed E-state index contributed by atoms with van der Waals surface area (Å²) in [6.07, 6.45) is 7.19. The highest BCUT2D eigenvalue weighted by Crippen LogP contribution is 2.19. The molecule has 0 spiro atoms. The van der Waals surface area contributed by atoms with Crippen molar-refractivity contribution in [1.29, 1.82) is 0 Å². The zero-order chi connectivity index (χ0) is 12.0. The molecule has 88 valence electrons. The number of carboxylic acids is 1. The molecule has 2 amide bonds. The van der Waals surface area contributed by atoms with Gasteiger partial charge in [0.1, 0.15) is 0 Å². The summed E-state index contributed by atoms with van der Waals surface area (Å²) in [7, 11) is 0. The van der Waals surface area contributed by atoms with Crippen LogP contribution in [0, 0.1) is 12.3 Å². The lowest BCUT2D eigenvalue weighted by atomic mass is 10.1. The van der Waals surface area contributed by atoms with E-state index >= 15 is 0 Å². The van der Waals surface area contributed by atoms with E-state index in [1.165, 1.54) is 0 Å². The molecule has 1 aliphatic heterocycles. The molecule has 0 saturated carbocycles. The zero-order valence-corrected chi connectivity index (χ0v) is 9.11. The first-order chi connectivity index (χ1) is 7.65. The maximum atomic E-state index is 11.7. The molecule has 5 nitrogen and oxygen atoms in total. The van der Waals surface area contributed by atoms with E-state index < -0.39 is 5.97 Å². The summed E-state index contributed by atoms with van der Waals surface area (Å²) >= 11 is 0. The number of likely N-dealkylation sites (tertiary alicyclic amines) is 1. The Kier molecular flexibility index (Phi) is 4.65. The summed E-state index contributed by atoms with van der Waals surface area (Å²) < 4.78 is 0. The van der Waals surface area contributed by atoms with Gasteiger partial charge in [-0.15, -0.1) is 12.3 Å². The van der Waals surface area contributed by atoms with Gasteiger partial charge in [-0.05, 0) is 12.8 Å². The van der Waals surface area contributed by atoms with Gasteiger partial charge >= 0.3 is 12.0 Å². The highest BCUT2D eigenvalue weighted by atomic mass is 16.4. The van der Waals surface area contributed by atoms with Crippen molar-refractivity contribution in [2.45, 2.75) is 31.7 Å². The van der Waals surface area contributed by atoms with Crippen molar-refractivity contribution in [3.05, 3.63) is 0 Å². The van der Waals surface area contributed by atoms with E-state index in [-0.39, 0.29) is 18.5 Å². The Morgan fingerprint density at radius 2 is 2.31 bits per heavy atom. The lowest BCUT2D eigenvalue weighted by Crippen LogP contribution is -2.43. The molecule has 16 heavy (non-hydrogen) atoms. The third-order valence-electron chi connectivity index (χ3n) is 2.59. The van der Waals surface area contributed by atoms with Gasteiger partial charge in [0.15, 0.2) is 0 Å². The normalized spacial score (nSPS) is 19.2. The van der Waals surface area contributed by atoms with Gasteiger partial charge in [0.25, 0.3) is 0 Å². The fourth-order valence-electron chi connectivity index (χ4n) is 1.86. The van der Waals surface area contributed by atoms with Crippen molar-refractivity contribution in [2.75, 3.05) is 13.1 Å². The minimum Gasteiger partial charge on any atom is -0.481 e. The van der Waals surface area contributed by atoms with Crippen molar-refractivity contribution < 1.29 is 14.7 Å². The first-order valence-electron chi connectivity index (χ1n) is 5.35. The molecule has 0 radical (unpaired) electrons. The van der Waals surface area contributed by atoms with Crippen molar-refractivity contribution in [2.24, 2.45) is 0 Å². The number of hydrogen-bond donors (Lipinski definition) is 2. The predicted octanol–water partition coefficient (Wildman–Crippen LogP) is 0.658. The molecule has 0 aromatic rings. The van der Waals surface area contributed by atoms with Gasteiger partial charge in [-0.1, -0.05) is 0 Å². The van der Waals surface area contributed by atoms with Crippen LogP contribution in [0.25, 0.3) is 0 Å². The number of nitrogens with one attached hydrogen (secondary N) is 1. The van der Waals surface area contributed by atoms with Crippen LogP contribution in [0.1, 0.15) is 25.7 Å². The molecule has 0 aromatic heterocycles. The average Bonchev–Trinajstić information content (AvgIpc) is 2.65. The molecule has 2 N–H and O–H groups in total. The number of amides is 2. The third kappa shape index (κ3) is 3.46. The van der Waals surface area contributed by atoms with E-state index in [1.54, 1.807) is 4.90 Å². The maximum absolute atomic E-state index is 11.7. The van der Waals surface area contributed by atoms with Crippen LogP contribution in [0.3, 0.4) is 0 Å². The molecule has 1 heterocycles. The molecular formula is C11H16N2O3. The quantitative estimate of drug-likeness (QED) is 0.544. The second kappa shape index (κ2) is 6.01. The monoisotopic (exact) mass is 224 g/mol. The van der Waals surface area contributed by atoms with E-state index in [9.17, 15) is 9.59 Å². The van der Waals surface area contributed by atoms with Crippen LogP contribution in [0.4, 0.5) is 4.79 Å². The number of hydrogen-bond acceptors (Lipinski definition) is 2. The number of aliphatic carboxylic acids is 1. The maximum Gasteiger partial charge on any atom is 0.317 e. The molecule has 1 unspecified atom stereocenters. The number of carbonyl (C=O) groups excluding carboxylic acids is 1. The van der Waals surface area contributed by atoms with Gasteiger partial charge in [0.05, 0.1) is 6.42 Å². The van der Waals surface area contributed by atoms with Gasteiger partial charge in [-0.2, -0.15) is 0 Å². The number of carboxylic acid groups (broad SMARTS) is 1. The number of urea groups is 1. The second-order valence-corrected chi connectivity index (χ2v) is 3.77. The lowest BCUT2D eigenvalue weighted by Gasteiger charge is -2.23. The second-order valence-electron chi connectivity index (χ2n) is 3.77. The Bertz CT molecular complexity index is 309. The van der Waals surface area contributed by atoms with Gasteiger partial charge in [0, 0.05) is 25.6 Å². The minimum atomic E-state index is -0.867. The summed E-state index contributed by atoms with van der Waals surface area (Å²) in [5, 5.41) is 11.4. The topological polar surface area (TPSA) is 69.6 Å². The molecule has 1 saturated heterocycles. The van der Waals surface area contributed by atoms with Gasteiger partial charge in [-0.3, -0.25) is 4.79 Å². The van der Waals surface area contributed by atoms with E-state index in [1.807, 2.05) is 0 Å². The molecule has 5 heteroatoms. The Morgan fingerprint density at radius 3 is 2.94 bits per heavy atom. The van der Waals surface area contributed by atoms with E-state index in [4.69, 9.17) is 11.5 Å². The van der Waals surface area contributed by atoms with Crippen LogP contribution in [0.2, 0.25) is 0 Å². The summed E-state index contributed by atoms with van der Waals surface area (Å²) in [6.45, 7) is 1.06.